The molecule has 4 rings (SSSR count). The van der Waals surface area contributed by atoms with E-state index in [-0.39, 0.29) is 17.9 Å². The van der Waals surface area contributed by atoms with Crippen LogP contribution in [0.3, 0.4) is 0 Å². The summed E-state index contributed by atoms with van der Waals surface area (Å²) in [5.74, 6) is -0.544. The molecule has 0 bridgehead atoms. The summed E-state index contributed by atoms with van der Waals surface area (Å²) in [5, 5.41) is 13.4. The van der Waals surface area contributed by atoms with E-state index in [1.165, 1.54) is 23.3 Å². The van der Waals surface area contributed by atoms with Gasteiger partial charge in [-0.15, -0.1) is 11.3 Å². The number of carbonyl (C=O) groups is 2. The van der Waals surface area contributed by atoms with Crippen molar-refractivity contribution in [2.45, 2.75) is 19.5 Å². The number of amides is 1. The second-order valence-corrected chi connectivity index (χ2v) is 8.80. The van der Waals surface area contributed by atoms with E-state index < -0.39 is 17.7 Å². The molecule has 1 aromatic heterocycles. The van der Waals surface area contributed by atoms with E-state index in [0.29, 0.717) is 34.3 Å². The number of aliphatic hydroxyl groups is 1. The van der Waals surface area contributed by atoms with Crippen molar-refractivity contribution in [3.05, 3.63) is 86.6 Å². The lowest BCUT2D eigenvalue weighted by Gasteiger charge is -2.25. The highest BCUT2D eigenvalue weighted by atomic mass is 35.5. The van der Waals surface area contributed by atoms with E-state index in [4.69, 9.17) is 21.1 Å². The van der Waals surface area contributed by atoms with Gasteiger partial charge in [-0.05, 0) is 60.3 Å². The average molecular weight is 484 g/mol. The van der Waals surface area contributed by atoms with Crippen LogP contribution in [0.2, 0.25) is 5.02 Å². The molecule has 2 heterocycles. The number of ether oxygens (including phenoxy) is 2. The van der Waals surface area contributed by atoms with Crippen molar-refractivity contribution in [2.24, 2.45) is 0 Å². The molecule has 8 heteroatoms. The van der Waals surface area contributed by atoms with E-state index in [2.05, 4.69) is 0 Å². The number of thiophene rings is 1. The van der Waals surface area contributed by atoms with Gasteiger partial charge in [0.2, 0.25) is 0 Å². The molecule has 1 unspecified atom stereocenters. The third-order valence-corrected chi connectivity index (χ3v) is 6.53. The molecule has 33 heavy (non-hydrogen) atoms. The maximum Gasteiger partial charge on any atom is 0.295 e. The van der Waals surface area contributed by atoms with E-state index in [0.717, 1.165) is 4.88 Å². The number of hydrogen-bond donors (Lipinski definition) is 1. The minimum atomic E-state index is -0.804. The average Bonchev–Trinajstić information content (AvgIpc) is 3.42. The van der Waals surface area contributed by atoms with E-state index >= 15 is 0 Å². The zero-order chi connectivity index (χ0) is 23.5. The Morgan fingerprint density at radius 3 is 2.52 bits per heavy atom. The van der Waals surface area contributed by atoms with Crippen LogP contribution in [0.15, 0.2) is 65.6 Å². The van der Waals surface area contributed by atoms with Crippen molar-refractivity contribution >= 4 is 40.4 Å². The molecule has 1 aliphatic heterocycles. The maximum atomic E-state index is 13.1. The normalized spacial score (nSPS) is 17.4. The van der Waals surface area contributed by atoms with Crippen LogP contribution in [0.25, 0.3) is 5.76 Å². The first-order valence-electron chi connectivity index (χ1n) is 10.3. The second-order valence-electron chi connectivity index (χ2n) is 7.36. The number of halogens is 1. The molecule has 1 fully saturated rings. The molecule has 0 saturated carbocycles. The minimum Gasteiger partial charge on any atom is -0.507 e. The topological polar surface area (TPSA) is 76.1 Å². The van der Waals surface area contributed by atoms with Crippen LogP contribution in [0.1, 0.15) is 29.0 Å². The Balaban J connectivity index is 1.84. The summed E-state index contributed by atoms with van der Waals surface area (Å²) in [7, 11) is 1.51. The van der Waals surface area contributed by atoms with Crippen molar-refractivity contribution < 1.29 is 24.2 Å². The Kier molecular flexibility index (Phi) is 6.72. The predicted molar refractivity (Wildman–Crippen MR) is 128 cm³/mol. The summed E-state index contributed by atoms with van der Waals surface area (Å²) in [5.41, 5.74) is 1.03. The van der Waals surface area contributed by atoms with Crippen molar-refractivity contribution in [3.8, 4) is 11.5 Å². The monoisotopic (exact) mass is 483 g/mol. The molecular weight excluding hydrogens is 462 g/mol. The van der Waals surface area contributed by atoms with Crippen LogP contribution in [-0.2, 0) is 16.1 Å². The van der Waals surface area contributed by atoms with E-state index in [9.17, 15) is 14.7 Å². The van der Waals surface area contributed by atoms with Gasteiger partial charge in [-0.3, -0.25) is 9.59 Å². The van der Waals surface area contributed by atoms with Gasteiger partial charge in [-0.25, -0.2) is 0 Å². The molecule has 0 radical (unpaired) electrons. The molecule has 2 aromatic carbocycles. The second kappa shape index (κ2) is 9.68. The lowest BCUT2D eigenvalue weighted by molar-refractivity contribution is -0.140. The van der Waals surface area contributed by atoms with Gasteiger partial charge in [-0.1, -0.05) is 23.7 Å². The molecule has 1 atom stereocenters. The van der Waals surface area contributed by atoms with Gasteiger partial charge in [-0.2, -0.15) is 0 Å². The highest BCUT2D eigenvalue weighted by molar-refractivity contribution is 7.09. The van der Waals surface area contributed by atoms with Gasteiger partial charge in [0.05, 0.1) is 36.9 Å². The molecule has 6 nitrogen and oxygen atoms in total. The number of hydrogen-bond acceptors (Lipinski definition) is 6. The summed E-state index contributed by atoms with van der Waals surface area (Å²) in [6, 6.07) is 14.8. The zero-order valence-corrected chi connectivity index (χ0v) is 19.7. The number of benzene rings is 2. The van der Waals surface area contributed by atoms with Crippen molar-refractivity contribution in [3.63, 3.8) is 0 Å². The molecule has 0 aliphatic carbocycles. The van der Waals surface area contributed by atoms with Gasteiger partial charge in [0.1, 0.15) is 17.3 Å². The van der Waals surface area contributed by atoms with Crippen LogP contribution in [0, 0.1) is 0 Å². The molecule has 0 spiro atoms. The summed E-state index contributed by atoms with van der Waals surface area (Å²) in [6.07, 6.45) is 0. The fourth-order valence-corrected chi connectivity index (χ4v) is 4.81. The minimum absolute atomic E-state index is 0.0157. The third-order valence-electron chi connectivity index (χ3n) is 5.38. The van der Waals surface area contributed by atoms with Crippen molar-refractivity contribution in [1.29, 1.82) is 0 Å². The van der Waals surface area contributed by atoms with Crippen LogP contribution in [0.5, 0.6) is 11.5 Å². The highest BCUT2D eigenvalue weighted by Crippen LogP contribution is 2.42. The quantitative estimate of drug-likeness (QED) is 0.275. The SMILES string of the molecule is CCOc1ccc(/C(O)=C2\C(=O)C(=O)N(Cc3cccs3)C2c2ccc(OC)c(Cl)c2)cc1. The molecule has 1 aliphatic rings. The number of Topliss-reactive ketones (excluding diaryl/α,β-unsaturated/α-hetero) is 1. The first-order chi connectivity index (χ1) is 15.9. The predicted octanol–water partition coefficient (Wildman–Crippen LogP) is 5.43. The first-order valence-corrected chi connectivity index (χ1v) is 11.6. The number of rotatable bonds is 7. The summed E-state index contributed by atoms with van der Waals surface area (Å²) in [6.45, 7) is 2.62. The molecule has 3 aromatic rings. The summed E-state index contributed by atoms with van der Waals surface area (Å²) >= 11 is 7.85. The van der Waals surface area contributed by atoms with Crippen molar-refractivity contribution in [1.82, 2.24) is 4.90 Å². The number of carbonyl (C=O) groups excluding carboxylic acids is 2. The fraction of sp³-hybridized carbons (Fsp3) is 0.200. The fourth-order valence-electron chi connectivity index (χ4n) is 3.84. The Bertz CT molecular complexity index is 1200. The van der Waals surface area contributed by atoms with Crippen LogP contribution in [0.4, 0.5) is 0 Å². The standard InChI is InChI=1S/C25H22ClNO5S/c1-3-32-17-9-6-15(7-10-17)23(28)21-22(16-8-11-20(31-2)19(26)13-16)27(25(30)24(21)29)14-18-5-4-12-33-18/h4-13,22,28H,3,14H2,1-2H3/b23-21+. The third kappa shape index (κ3) is 4.47. The Morgan fingerprint density at radius 2 is 1.91 bits per heavy atom. The molecule has 1 amide bonds. The Hall–Kier alpha value is -3.29. The summed E-state index contributed by atoms with van der Waals surface area (Å²) in [4.78, 5) is 28.6. The van der Waals surface area contributed by atoms with Crippen molar-refractivity contribution in [2.75, 3.05) is 13.7 Å². The number of likely N-dealkylation sites (tertiary alicyclic amines) is 1. The van der Waals surface area contributed by atoms with Gasteiger partial charge >= 0.3 is 0 Å². The lowest BCUT2D eigenvalue weighted by atomic mass is 9.95. The molecular formula is C25H22ClNO5S. The van der Waals surface area contributed by atoms with Gasteiger partial charge in [0, 0.05) is 10.4 Å². The molecule has 170 valence electrons. The molecule has 1 saturated heterocycles. The smallest absolute Gasteiger partial charge is 0.295 e. The van der Waals surface area contributed by atoms with Gasteiger partial charge in [0.15, 0.2) is 0 Å². The van der Waals surface area contributed by atoms with E-state index in [1.807, 2.05) is 24.4 Å². The Morgan fingerprint density at radius 1 is 1.15 bits per heavy atom. The highest BCUT2D eigenvalue weighted by Gasteiger charge is 2.46. The number of nitrogens with zero attached hydrogens (tertiary/aromatic N) is 1. The van der Waals surface area contributed by atoms with Gasteiger partial charge in [0.25, 0.3) is 11.7 Å². The lowest BCUT2D eigenvalue weighted by Crippen LogP contribution is -2.28. The summed E-state index contributed by atoms with van der Waals surface area (Å²) < 4.78 is 10.7. The van der Waals surface area contributed by atoms with E-state index in [1.54, 1.807) is 42.5 Å². The zero-order valence-electron chi connectivity index (χ0n) is 18.1. The van der Waals surface area contributed by atoms with Crippen LogP contribution < -0.4 is 9.47 Å². The van der Waals surface area contributed by atoms with Crippen LogP contribution in [-0.4, -0.2) is 35.4 Å². The molecule has 1 N–H and O–H groups in total. The maximum absolute atomic E-state index is 13.1. The van der Waals surface area contributed by atoms with Gasteiger partial charge < -0.3 is 19.5 Å². The largest absolute Gasteiger partial charge is 0.507 e. The number of aliphatic hydroxyl groups excluding tert-OH is 1. The first kappa shape index (κ1) is 22.9. The number of ketones is 1. The number of methoxy groups -OCH3 is 1. The Labute approximate surface area is 200 Å². The van der Waals surface area contributed by atoms with Crippen LogP contribution >= 0.6 is 22.9 Å².